The van der Waals surface area contributed by atoms with Crippen LogP contribution in [0.3, 0.4) is 0 Å². The molecule has 4 rings (SSSR count). The first-order valence-corrected chi connectivity index (χ1v) is 9.65. The Labute approximate surface area is 150 Å². The van der Waals surface area contributed by atoms with Crippen LogP contribution in [-0.4, -0.2) is 73.0 Å². The fourth-order valence-electron chi connectivity index (χ4n) is 4.24. The molecule has 5 nitrogen and oxygen atoms in total. The summed E-state index contributed by atoms with van der Waals surface area (Å²) in [6.07, 6.45) is 2.59. The molecular formula is C20H30N4O. The molecule has 2 atom stereocenters. The van der Waals surface area contributed by atoms with Gasteiger partial charge in [0.05, 0.1) is 0 Å². The molecule has 0 spiro atoms. The van der Waals surface area contributed by atoms with Gasteiger partial charge in [-0.2, -0.15) is 0 Å². The zero-order chi connectivity index (χ0) is 17.4. The summed E-state index contributed by atoms with van der Waals surface area (Å²) in [6, 6.07) is 8.36. The van der Waals surface area contributed by atoms with E-state index in [-0.39, 0.29) is 11.9 Å². The van der Waals surface area contributed by atoms with Gasteiger partial charge in [-0.05, 0) is 49.4 Å². The van der Waals surface area contributed by atoms with E-state index >= 15 is 0 Å². The number of hydrogen-bond donors (Lipinski definition) is 1. The van der Waals surface area contributed by atoms with Crippen molar-refractivity contribution in [3.63, 3.8) is 0 Å². The van der Waals surface area contributed by atoms with Gasteiger partial charge in [0.15, 0.2) is 0 Å². The Hall–Kier alpha value is -1.43. The first-order chi connectivity index (χ1) is 12.1. The standard InChI is InChI=1S/C20H30N4O/c1-22-8-10-23(11-9-22)12-15-2-4-17(5-3-15)20(25)24-13-18(16-6-7-16)19(21)14-24/h2-5,16,18-19H,6-14,21H2,1H3/t18-,19+/m1/s1. The van der Waals surface area contributed by atoms with E-state index in [0.717, 1.165) is 50.7 Å². The van der Waals surface area contributed by atoms with Crippen LogP contribution in [0.4, 0.5) is 0 Å². The molecule has 1 aliphatic carbocycles. The summed E-state index contributed by atoms with van der Waals surface area (Å²) in [6.45, 7) is 7.02. The van der Waals surface area contributed by atoms with Crippen LogP contribution in [-0.2, 0) is 6.54 Å². The molecule has 0 aromatic heterocycles. The van der Waals surface area contributed by atoms with Crippen molar-refractivity contribution in [1.29, 1.82) is 0 Å². The topological polar surface area (TPSA) is 52.8 Å². The number of amides is 1. The summed E-state index contributed by atoms with van der Waals surface area (Å²) in [5, 5.41) is 0. The van der Waals surface area contributed by atoms with Gasteiger partial charge >= 0.3 is 0 Å². The molecule has 2 N–H and O–H groups in total. The van der Waals surface area contributed by atoms with Crippen molar-refractivity contribution in [2.45, 2.75) is 25.4 Å². The van der Waals surface area contributed by atoms with Crippen molar-refractivity contribution >= 4 is 5.91 Å². The number of nitrogens with two attached hydrogens (primary N) is 1. The number of piperazine rings is 1. The molecule has 1 aromatic carbocycles. The van der Waals surface area contributed by atoms with Gasteiger partial charge < -0.3 is 15.5 Å². The highest BCUT2D eigenvalue weighted by atomic mass is 16.2. The fourth-order valence-corrected chi connectivity index (χ4v) is 4.24. The summed E-state index contributed by atoms with van der Waals surface area (Å²) in [4.78, 5) is 19.6. The first kappa shape index (κ1) is 17.0. The third-order valence-corrected chi connectivity index (χ3v) is 6.13. The average Bonchev–Trinajstić information content (AvgIpc) is 3.39. The van der Waals surface area contributed by atoms with Crippen LogP contribution in [0.2, 0.25) is 0 Å². The summed E-state index contributed by atoms with van der Waals surface area (Å²) in [5.41, 5.74) is 8.35. The lowest BCUT2D eigenvalue weighted by atomic mass is 9.99. The minimum atomic E-state index is 0.143. The minimum absolute atomic E-state index is 0.143. The Morgan fingerprint density at radius 2 is 1.76 bits per heavy atom. The Morgan fingerprint density at radius 1 is 1.08 bits per heavy atom. The van der Waals surface area contributed by atoms with Gasteiger partial charge in [0.1, 0.15) is 0 Å². The lowest BCUT2D eigenvalue weighted by molar-refractivity contribution is 0.0785. The van der Waals surface area contributed by atoms with E-state index in [1.165, 1.54) is 18.4 Å². The third kappa shape index (κ3) is 3.89. The second kappa shape index (κ2) is 7.06. The van der Waals surface area contributed by atoms with E-state index in [1.807, 2.05) is 17.0 Å². The largest absolute Gasteiger partial charge is 0.337 e. The molecule has 2 saturated heterocycles. The lowest BCUT2D eigenvalue weighted by Gasteiger charge is -2.32. The molecule has 1 aromatic rings. The third-order valence-electron chi connectivity index (χ3n) is 6.13. The van der Waals surface area contributed by atoms with Crippen LogP contribution >= 0.6 is 0 Å². The molecular weight excluding hydrogens is 312 g/mol. The maximum Gasteiger partial charge on any atom is 0.253 e. The summed E-state index contributed by atoms with van der Waals surface area (Å²) in [5.74, 6) is 1.42. The predicted molar refractivity (Wildman–Crippen MR) is 99.3 cm³/mol. The van der Waals surface area contributed by atoms with E-state index in [2.05, 4.69) is 29.0 Å². The Morgan fingerprint density at radius 3 is 2.40 bits per heavy atom. The average molecular weight is 342 g/mol. The highest BCUT2D eigenvalue weighted by molar-refractivity contribution is 5.94. The summed E-state index contributed by atoms with van der Waals surface area (Å²) in [7, 11) is 2.18. The SMILES string of the molecule is CN1CCN(Cc2ccc(C(=O)N3C[C@H](C4CC4)[C@@H](N)C3)cc2)CC1. The number of benzene rings is 1. The van der Waals surface area contributed by atoms with Gasteiger partial charge in [-0.25, -0.2) is 0 Å². The van der Waals surface area contributed by atoms with Crippen LogP contribution < -0.4 is 5.73 Å². The van der Waals surface area contributed by atoms with E-state index < -0.39 is 0 Å². The van der Waals surface area contributed by atoms with Crippen LogP contribution in [0, 0.1) is 11.8 Å². The van der Waals surface area contributed by atoms with E-state index in [1.54, 1.807) is 0 Å². The highest BCUT2D eigenvalue weighted by Gasteiger charge is 2.42. The quantitative estimate of drug-likeness (QED) is 0.895. The molecule has 3 aliphatic rings. The van der Waals surface area contributed by atoms with E-state index in [0.29, 0.717) is 12.5 Å². The van der Waals surface area contributed by atoms with Gasteiger partial charge in [-0.3, -0.25) is 9.69 Å². The Bertz CT molecular complexity index is 605. The second-order valence-electron chi connectivity index (χ2n) is 8.15. The van der Waals surface area contributed by atoms with E-state index in [4.69, 9.17) is 5.73 Å². The molecule has 5 heteroatoms. The van der Waals surface area contributed by atoms with Gasteiger partial charge in [0.25, 0.3) is 5.91 Å². The minimum Gasteiger partial charge on any atom is -0.337 e. The van der Waals surface area contributed by atoms with Crippen LogP contribution in [0.15, 0.2) is 24.3 Å². The number of likely N-dealkylation sites (N-methyl/N-ethyl adjacent to an activating group) is 1. The van der Waals surface area contributed by atoms with Gasteiger partial charge in [-0.15, -0.1) is 0 Å². The van der Waals surface area contributed by atoms with Crippen LogP contribution in [0.5, 0.6) is 0 Å². The van der Waals surface area contributed by atoms with Crippen molar-refractivity contribution < 1.29 is 4.79 Å². The van der Waals surface area contributed by atoms with Crippen molar-refractivity contribution in [1.82, 2.24) is 14.7 Å². The van der Waals surface area contributed by atoms with Crippen LogP contribution in [0.1, 0.15) is 28.8 Å². The van der Waals surface area contributed by atoms with Crippen molar-refractivity contribution in [2.75, 3.05) is 46.3 Å². The van der Waals surface area contributed by atoms with Gasteiger partial charge in [0.2, 0.25) is 0 Å². The molecule has 136 valence electrons. The first-order valence-electron chi connectivity index (χ1n) is 9.65. The smallest absolute Gasteiger partial charge is 0.253 e. The summed E-state index contributed by atoms with van der Waals surface area (Å²) < 4.78 is 0. The maximum absolute atomic E-state index is 12.8. The Balaban J connectivity index is 1.34. The lowest BCUT2D eigenvalue weighted by Crippen LogP contribution is -2.43. The van der Waals surface area contributed by atoms with Gasteiger partial charge in [0, 0.05) is 57.4 Å². The molecule has 3 fully saturated rings. The highest BCUT2D eigenvalue weighted by Crippen LogP contribution is 2.41. The summed E-state index contributed by atoms with van der Waals surface area (Å²) >= 11 is 0. The molecule has 0 bridgehead atoms. The molecule has 0 radical (unpaired) electrons. The van der Waals surface area contributed by atoms with Crippen molar-refractivity contribution in [3.8, 4) is 0 Å². The molecule has 25 heavy (non-hydrogen) atoms. The molecule has 2 heterocycles. The Kier molecular flexibility index (Phi) is 4.80. The molecule has 2 aliphatic heterocycles. The van der Waals surface area contributed by atoms with Crippen molar-refractivity contribution in [3.05, 3.63) is 35.4 Å². The fraction of sp³-hybridized carbons (Fsp3) is 0.650. The van der Waals surface area contributed by atoms with Gasteiger partial charge in [-0.1, -0.05) is 12.1 Å². The number of rotatable bonds is 4. The van der Waals surface area contributed by atoms with Crippen molar-refractivity contribution in [2.24, 2.45) is 17.6 Å². The molecule has 1 saturated carbocycles. The zero-order valence-corrected chi connectivity index (χ0v) is 15.2. The monoisotopic (exact) mass is 342 g/mol. The zero-order valence-electron chi connectivity index (χ0n) is 15.2. The number of carbonyl (C=O) groups excluding carboxylic acids is 1. The van der Waals surface area contributed by atoms with E-state index in [9.17, 15) is 4.79 Å². The normalized spacial score (nSPS) is 28.5. The number of carbonyl (C=O) groups is 1. The number of likely N-dealkylation sites (tertiary alicyclic amines) is 1. The second-order valence-corrected chi connectivity index (χ2v) is 8.15. The molecule has 0 unspecified atom stereocenters. The number of nitrogens with zero attached hydrogens (tertiary/aromatic N) is 3. The van der Waals surface area contributed by atoms with Crippen LogP contribution in [0.25, 0.3) is 0 Å². The predicted octanol–water partition coefficient (Wildman–Crippen LogP) is 1.24. The number of hydrogen-bond acceptors (Lipinski definition) is 4. The maximum atomic E-state index is 12.8. The molecule has 1 amide bonds.